The molecular weight excluding hydrogens is 407 g/mol. The molecule has 0 radical (unpaired) electrons. The number of benzene rings is 2. The first-order chi connectivity index (χ1) is 13.2. The maximum absolute atomic E-state index is 5.22. The summed E-state index contributed by atoms with van der Waals surface area (Å²) in [6, 6.07) is 16.4. The number of para-hydroxylation sites is 1. The lowest BCUT2D eigenvalue weighted by molar-refractivity contribution is 0.405. The number of nitrogens with one attached hydrogen (secondary N) is 1. The first-order valence-electron chi connectivity index (χ1n) is 9.43. The second-order valence-electron chi connectivity index (χ2n) is 6.94. The fraction of sp³-hybridized carbons (Fsp3) is 0.364. The normalized spacial score (nSPS) is 10.3. The highest BCUT2D eigenvalue weighted by Crippen LogP contribution is 2.21. The molecule has 2 aromatic carbocycles. The Bertz CT molecular complexity index is 872. The van der Waals surface area contributed by atoms with E-state index in [4.69, 9.17) is 14.7 Å². The first kappa shape index (κ1) is 25.0. The molecule has 1 N–H and O–H groups in total. The Balaban J connectivity index is 0.00000210. The summed E-state index contributed by atoms with van der Waals surface area (Å²) in [4.78, 5) is 11.8. The minimum Gasteiger partial charge on any atom is -0.497 e. The van der Waals surface area contributed by atoms with E-state index in [0.29, 0.717) is 0 Å². The van der Waals surface area contributed by atoms with Crippen LogP contribution in [-0.2, 0) is 12.8 Å². The molecule has 0 unspecified atom stereocenters. The number of hydrogen-bond acceptors (Lipinski definition) is 5. The number of anilines is 1. The molecule has 5 nitrogen and oxygen atoms in total. The van der Waals surface area contributed by atoms with Crippen molar-refractivity contribution in [3.8, 4) is 5.75 Å². The van der Waals surface area contributed by atoms with Gasteiger partial charge in [-0.1, -0.05) is 24.3 Å². The fourth-order valence-corrected chi connectivity index (χ4v) is 3.02. The van der Waals surface area contributed by atoms with E-state index in [1.54, 1.807) is 7.11 Å². The second-order valence-corrected chi connectivity index (χ2v) is 6.94. The largest absolute Gasteiger partial charge is 0.497 e. The summed E-state index contributed by atoms with van der Waals surface area (Å²) in [6.07, 6.45) is 2.79. The number of fused-ring (bicyclic) bond motifs is 1. The average molecular weight is 437 g/mol. The maximum Gasteiger partial charge on any atom is 0.137 e. The average Bonchev–Trinajstić information content (AvgIpc) is 2.69. The van der Waals surface area contributed by atoms with Crippen molar-refractivity contribution in [1.29, 1.82) is 0 Å². The predicted molar refractivity (Wildman–Crippen MR) is 126 cm³/mol. The van der Waals surface area contributed by atoms with E-state index >= 15 is 0 Å². The lowest BCUT2D eigenvalue weighted by atomic mass is 10.1. The number of ether oxygens (including phenoxy) is 1. The molecule has 0 saturated carbocycles. The van der Waals surface area contributed by atoms with Crippen LogP contribution >= 0.6 is 24.8 Å². The summed E-state index contributed by atoms with van der Waals surface area (Å²) in [6.45, 7) is 1.96. The Labute approximate surface area is 185 Å². The molecule has 0 spiro atoms. The van der Waals surface area contributed by atoms with Crippen LogP contribution in [0.25, 0.3) is 10.9 Å². The first-order valence-corrected chi connectivity index (χ1v) is 9.43. The van der Waals surface area contributed by atoms with Crippen LogP contribution in [0.4, 0.5) is 5.82 Å². The zero-order valence-corrected chi connectivity index (χ0v) is 18.9. The SMILES string of the molecule is COc1ccc(CCc2nc(NCCCN(C)C)c3ccccc3n2)cc1.Cl.Cl. The van der Waals surface area contributed by atoms with Crippen LogP contribution < -0.4 is 10.1 Å². The van der Waals surface area contributed by atoms with Crippen LogP contribution in [0.15, 0.2) is 48.5 Å². The molecule has 3 aromatic rings. The van der Waals surface area contributed by atoms with Gasteiger partial charge >= 0.3 is 0 Å². The summed E-state index contributed by atoms with van der Waals surface area (Å²) < 4.78 is 5.22. The van der Waals surface area contributed by atoms with Gasteiger partial charge in [-0.15, -0.1) is 24.8 Å². The van der Waals surface area contributed by atoms with Crippen molar-refractivity contribution in [3.05, 3.63) is 59.9 Å². The highest BCUT2D eigenvalue weighted by atomic mass is 35.5. The van der Waals surface area contributed by atoms with Gasteiger partial charge in [0, 0.05) is 18.4 Å². The third kappa shape index (κ3) is 7.35. The Morgan fingerprint density at radius 3 is 2.34 bits per heavy atom. The summed E-state index contributed by atoms with van der Waals surface area (Å²) in [5.41, 5.74) is 2.25. The predicted octanol–water partition coefficient (Wildman–Crippen LogP) is 4.63. The second kappa shape index (κ2) is 12.5. The number of halogens is 2. The third-order valence-corrected chi connectivity index (χ3v) is 4.52. The van der Waals surface area contributed by atoms with E-state index in [-0.39, 0.29) is 24.8 Å². The van der Waals surface area contributed by atoms with Crippen molar-refractivity contribution in [3.63, 3.8) is 0 Å². The summed E-state index contributed by atoms with van der Waals surface area (Å²) in [7, 11) is 5.87. The molecule has 29 heavy (non-hydrogen) atoms. The summed E-state index contributed by atoms with van der Waals surface area (Å²) in [5, 5.41) is 4.58. The Morgan fingerprint density at radius 1 is 0.931 bits per heavy atom. The van der Waals surface area contributed by atoms with Gasteiger partial charge in [0.05, 0.1) is 12.6 Å². The number of nitrogens with zero attached hydrogens (tertiary/aromatic N) is 3. The zero-order chi connectivity index (χ0) is 19.1. The van der Waals surface area contributed by atoms with Crippen LogP contribution in [0, 0.1) is 0 Å². The van der Waals surface area contributed by atoms with Gasteiger partial charge in [0.25, 0.3) is 0 Å². The lowest BCUT2D eigenvalue weighted by Gasteiger charge is -2.13. The molecule has 0 amide bonds. The van der Waals surface area contributed by atoms with Crippen LogP contribution in [-0.4, -0.2) is 49.2 Å². The van der Waals surface area contributed by atoms with E-state index in [1.165, 1.54) is 5.56 Å². The quantitative estimate of drug-likeness (QED) is 0.495. The molecule has 0 aliphatic carbocycles. The van der Waals surface area contributed by atoms with E-state index in [9.17, 15) is 0 Å². The fourth-order valence-electron chi connectivity index (χ4n) is 3.02. The molecule has 3 rings (SSSR count). The van der Waals surface area contributed by atoms with Gasteiger partial charge in [-0.2, -0.15) is 0 Å². The number of aryl methyl sites for hydroxylation is 2. The van der Waals surface area contributed by atoms with Gasteiger partial charge < -0.3 is 15.0 Å². The maximum atomic E-state index is 5.22. The summed E-state index contributed by atoms with van der Waals surface area (Å²) >= 11 is 0. The standard InChI is InChI=1S/C22H28N4O.2ClH/c1-26(2)16-6-15-23-22-19-7-4-5-8-20(19)24-21(25-22)14-11-17-9-12-18(27-3)13-10-17;;/h4-5,7-10,12-13H,6,11,14-16H2,1-3H3,(H,23,24,25);2*1H. The molecule has 0 bridgehead atoms. The highest BCUT2D eigenvalue weighted by molar-refractivity contribution is 5.89. The van der Waals surface area contributed by atoms with Gasteiger partial charge in [-0.05, 0) is 63.3 Å². The van der Waals surface area contributed by atoms with Crippen molar-refractivity contribution >= 4 is 41.5 Å². The van der Waals surface area contributed by atoms with Crippen LogP contribution in [0.3, 0.4) is 0 Å². The molecule has 0 atom stereocenters. The molecule has 1 aromatic heterocycles. The molecule has 158 valence electrons. The Hall–Kier alpha value is -2.08. The molecule has 0 fully saturated rings. The number of rotatable bonds is 9. The number of hydrogen-bond donors (Lipinski definition) is 1. The zero-order valence-electron chi connectivity index (χ0n) is 17.2. The molecule has 0 aliphatic rings. The number of methoxy groups -OCH3 is 1. The van der Waals surface area contributed by atoms with Gasteiger partial charge in [0.1, 0.15) is 17.4 Å². The van der Waals surface area contributed by atoms with Crippen molar-refractivity contribution in [1.82, 2.24) is 14.9 Å². The Morgan fingerprint density at radius 2 is 1.66 bits per heavy atom. The molecule has 1 heterocycles. The Kier molecular flexibility index (Phi) is 10.7. The smallest absolute Gasteiger partial charge is 0.137 e. The van der Waals surface area contributed by atoms with Gasteiger partial charge in [0.2, 0.25) is 0 Å². The third-order valence-electron chi connectivity index (χ3n) is 4.52. The van der Waals surface area contributed by atoms with E-state index in [1.807, 2.05) is 24.3 Å². The highest BCUT2D eigenvalue weighted by Gasteiger charge is 2.08. The topological polar surface area (TPSA) is 50.3 Å². The molecule has 0 saturated heterocycles. The minimum atomic E-state index is 0. The van der Waals surface area contributed by atoms with Crippen LogP contribution in [0.1, 0.15) is 17.8 Å². The van der Waals surface area contributed by atoms with Crippen LogP contribution in [0.2, 0.25) is 0 Å². The van der Waals surface area contributed by atoms with Crippen LogP contribution in [0.5, 0.6) is 5.75 Å². The van der Waals surface area contributed by atoms with Gasteiger partial charge in [0.15, 0.2) is 0 Å². The molecule has 7 heteroatoms. The van der Waals surface area contributed by atoms with E-state index < -0.39 is 0 Å². The van der Waals surface area contributed by atoms with Crippen molar-refractivity contribution in [2.45, 2.75) is 19.3 Å². The van der Waals surface area contributed by atoms with Crippen molar-refractivity contribution < 1.29 is 4.74 Å². The van der Waals surface area contributed by atoms with Crippen molar-refractivity contribution in [2.75, 3.05) is 39.6 Å². The van der Waals surface area contributed by atoms with Gasteiger partial charge in [-0.3, -0.25) is 0 Å². The number of aromatic nitrogens is 2. The minimum absolute atomic E-state index is 0. The van der Waals surface area contributed by atoms with E-state index in [0.717, 1.165) is 60.6 Å². The lowest BCUT2D eigenvalue weighted by Crippen LogP contribution is -2.17. The summed E-state index contributed by atoms with van der Waals surface area (Å²) in [5.74, 6) is 2.69. The van der Waals surface area contributed by atoms with E-state index in [2.05, 4.69) is 48.6 Å². The molecular formula is C22H30Cl2N4O. The van der Waals surface area contributed by atoms with Crippen molar-refractivity contribution in [2.24, 2.45) is 0 Å². The van der Waals surface area contributed by atoms with Gasteiger partial charge in [-0.25, -0.2) is 9.97 Å². The monoisotopic (exact) mass is 436 g/mol. The molecule has 0 aliphatic heterocycles.